The van der Waals surface area contributed by atoms with Crippen LogP contribution in [0, 0.1) is 0 Å². The normalized spacial score (nSPS) is 11.0. The number of benzene rings is 2. The Balaban J connectivity index is 1.75. The molecule has 0 aliphatic heterocycles. The topological polar surface area (TPSA) is 88.1 Å². The first-order valence-electron chi connectivity index (χ1n) is 9.20. The minimum absolute atomic E-state index is 0.343. The molecule has 0 aliphatic carbocycles. The van der Waals surface area contributed by atoms with E-state index in [1.807, 2.05) is 47.0 Å². The molecule has 0 saturated heterocycles. The highest BCUT2D eigenvalue weighted by Crippen LogP contribution is 2.38. The Labute approximate surface area is 183 Å². The van der Waals surface area contributed by atoms with Gasteiger partial charge in [-0.05, 0) is 48.0 Å². The maximum atomic E-state index is 6.34. The summed E-state index contributed by atoms with van der Waals surface area (Å²) in [5, 5.41) is 1.47. The summed E-state index contributed by atoms with van der Waals surface area (Å²) < 4.78 is 12.9. The largest absolute Gasteiger partial charge is 0.497 e. The number of hydrogen-bond acceptors (Lipinski definition) is 7. The number of anilines is 1. The van der Waals surface area contributed by atoms with Crippen molar-refractivity contribution in [3.8, 4) is 11.5 Å². The Morgan fingerprint density at radius 3 is 2.70 bits per heavy atom. The molecule has 0 atom stereocenters. The number of halogens is 1. The second kappa shape index (κ2) is 8.81. The Morgan fingerprint density at radius 2 is 1.93 bits per heavy atom. The van der Waals surface area contributed by atoms with Crippen LogP contribution in [-0.2, 0) is 13.0 Å². The van der Waals surface area contributed by atoms with Crippen LogP contribution < -0.4 is 15.2 Å². The van der Waals surface area contributed by atoms with Crippen LogP contribution in [0.25, 0.3) is 11.2 Å². The highest BCUT2D eigenvalue weighted by Gasteiger charge is 2.18. The molecular weight excluding hydrogens is 422 g/mol. The van der Waals surface area contributed by atoms with E-state index in [1.165, 1.54) is 18.1 Å². The van der Waals surface area contributed by atoms with Crippen molar-refractivity contribution in [3.05, 3.63) is 59.4 Å². The lowest BCUT2D eigenvalue weighted by atomic mass is 10.1. The summed E-state index contributed by atoms with van der Waals surface area (Å²) in [4.78, 5) is 14.1. The zero-order chi connectivity index (χ0) is 21.1. The van der Waals surface area contributed by atoms with Crippen LogP contribution in [0.15, 0.2) is 58.8 Å². The monoisotopic (exact) mass is 441 g/mol. The first-order valence-corrected chi connectivity index (χ1v) is 10.4. The Bertz CT molecular complexity index is 1200. The van der Waals surface area contributed by atoms with E-state index in [0.717, 1.165) is 38.6 Å². The number of nitrogens with two attached hydrogens (primary N) is 1. The fourth-order valence-electron chi connectivity index (χ4n) is 3.11. The number of nitrogen functional groups attached to an aromatic ring is 1. The van der Waals surface area contributed by atoms with Gasteiger partial charge in [0.1, 0.15) is 17.8 Å². The molecule has 2 N–H and O–H groups in total. The molecule has 0 unspecified atom stereocenters. The molecule has 0 radical (unpaired) electrons. The minimum Gasteiger partial charge on any atom is -0.497 e. The van der Waals surface area contributed by atoms with Gasteiger partial charge < -0.3 is 19.8 Å². The molecule has 0 aliphatic rings. The van der Waals surface area contributed by atoms with Crippen LogP contribution >= 0.6 is 23.4 Å². The average Bonchev–Trinajstić information content (AvgIpc) is 3.11. The fourth-order valence-corrected chi connectivity index (χ4v) is 4.39. The van der Waals surface area contributed by atoms with Gasteiger partial charge in [-0.15, -0.1) is 0 Å². The molecule has 0 saturated carbocycles. The van der Waals surface area contributed by atoms with Gasteiger partial charge in [0.25, 0.3) is 0 Å². The average molecular weight is 442 g/mol. The zero-order valence-corrected chi connectivity index (χ0v) is 18.1. The fraction of sp³-hybridized carbons (Fsp3) is 0.190. The van der Waals surface area contributed by atoms with Crippen molar-refractivity contribution >= 4 is 40.3 Å². The first-order chi connectivity index (χ1) is 14.6. The van der Waals surface area contributed by atoms with Gasteiger partial charge in [-0.1, -0.05) is 29.8 Å². The molecular formula is C21H20ClN5O2S. The highest BCUT2D eigenvalue weighted by atomic mass is 35.5. The number of aromatic nitrogens is 4. The Kier molecular flexibility index (Phi) is 5.96. The first kappa shape index (κ1) is 20.3. The Morgan fingerprint density at radius 1 is 1.10 bits per heavy atom. The standard InChI is InChI=1S/C21H20ClN5O2S/c1-28-14-7-8-16(29-2)17(11-14)30-21-26-18-19(23)24-12-25-20(18)27(21)10-9-13-5-3-4-6-15(13)22/h3-8,11-12H,9-10H2,1-2H3,(H2,23,24,25). The molecule has 0 spiro atoms. The van der Waals surface area contributed by atoms with Gasteiger partial charge in [0, 0.05) is 11.6 Å². The van der Waals surface area contributed by atoms with Crippen LogP contribution in [0.2, 0.25) is 5.02 Å². The number of methoxy groups -OCH3 is 2. The number of ether oxygens (including phenoxy) is 2. The predicted molar refractivity (Wildman–Crippen MR) is 119 cm³/mol. The Hall–Kier alpha value is -2.97. The van der Waals surface area contributed by atoms with Crippen LogP contribution in [0.4, 0.5) is 5.82 Å². The van der Waals surface area contributed by atoms with Crippen LogP contribution in [0.1, 0.15) is 5.56 Å². The van der Waals surface area contributed by atoms with E-state index in [2.05, 4.69) is 9.97 Å². The third-order valence-electron chi connectivity index (χ3n) is 4.66. The molecule has 4 aromatic rings. The summed E-state index contributed by atoms with van der Waals surface area (Å²) in [6.45, 7) is 0.630. The van der Waals surface area contributed by atoms with Crippen LogP contribution in [0.5, 0.6) is 11.5 Å². The van der Waals surface area contributed by atoms with Gasteiger partial charge in [-0.25, -0.2) is 15.0 Å². The van der Waals surface area contributed by atoms with E-state index in [1.54, 1.807) is 14.2 Å². The van der Waals surface area contributed by atoms with Crippen molar-refractivity contribution in [1.29, 1.82) is 0 Å². The number of fused-ring (bicyclic) bond motifs is 1. The maximum Gasteiger partial charge on any atom is 0.175 e. The predicted octanol–water partition coefficient (Wildman–Crippen LogP) is 4.47. The lowest BCUT2D eigenvalue weighted by Crippen LogP contribution is -2.05. The summed E-state index contributed by atoms with van der Waals surface area (Å²) in [5.41, 5.74) is 8.37. The summed E-state index contributed by atoms with van der Waals surface area (Å²) in [6.07, 6.45) is 2.17. The second-order valence-electron chi connectivity index (χ2n) is 6.44. The van der Waals surface area contributed by atoms with Crippen LogP contribution in [-0.4, -0.2) is 33.7 Å². The van der Waals surface area contributed by atoms with Gasteiger partial charge in [-0.3, -0.25) is 0 Å². The molecule has 4 rings (SSSR count). The molecule has 0 bridgehead atoms. The van der Waals surface area contributed by atoms with Gasteiger partial charge in [0.2, 0.25) is 0 Å². The van der Waals surface area contributed by atoms with E-state index in [-0.39, 0.29) is 0 Å². The zero-order valence-electron chi connectivity index (χ0n) is 16.5. The SMILES string of the molecule is COc1ccc(OC)c(Sc2nc3c(N)ncnc3n2CCc2ccccc2Cl)c1. The number of aryl methyl sites for hydroxylation is 2. The minimum atomic E-state index is 0.343. The van der Waals surface area contributed by atoms with E-state index >= 15 is 0 Å². The van der Waals surface area contributed by atoms with E-state index in [4.69, 9.17) is 31.8 Å². The molecule has 30 heavy (non-hydrogen) atoms. The summed E-state index contributed by atoms with van der Waals surface area (Å²) in [6, 6.07) is 13.4. The quantitative estimate of drug-likeness (QED) is 0.452. The van der Waals surface area contributed by atoms with E-state index in [9.17, 15) is 0 Å². The van der Waals surface area contributed by atoms with Gasteiger partial charge in [-0.2, -0.15) is 0 Å². The van der Waals surface area contributed by atoms with E-state index in [0.29, 0.717) is 23.5 Å². The van der Waals surface area contributed by atoms with Crippen molar-refractivity contribution in [2.45, 2.75) is 23.0 Å². The smallest absolute Gasteiger partial charge is 0.175 e. The van der Waals surface area contributed by atoms with Gasteiger partial charge >= 0.3 is 0 Å². The molecule has 2 aromatic carbocycles. The summed E-state index contributed by atoms with van der Waals surface area (Å²) >= 11 is 7.80. The number of nitrogens with zero attached hydrogens (tertiary/aromatic N) is 4. The lowest BCUT2D eigenvalue weighted by Gasteiger charge is -2.12. The lowest BCUT2D eigenvalue weighted by molar-refractivity contribution is 0.394. The van der Waals surface area contributed by atoms with Crippen LogP contribution in [0.3, 0.4) is 0 Å². The van der Waals surface area contributed by atoms with Crippen molar-refractivity contribution in [3.63, 3.8) is 0 Å². The van der Waals surface area contributed by atoms with Crippen molar-refractivity contribution in [2.24, 2.45) is 0 Å². The van der Waals surface area contributed by atoms with Crippen molar-refractivity contribution in [1.82, 2.24) is 19.5 Å². The number of imidazole rings is 1. The molecule has 154 valence electrons. The molecule has 7 nitrogen and oxygen atoms in total. The molecule has 9 heteroatoms. The third-order valence-corrected chi connectivity index (χ3v) is 6.06. The summed E-state index contributed by atoms with van der Waals surface area (Å²) in [5.74, 6) is 1.80. The molecule has 0 fully saturated rings. The number of rotatable bonds is 7. The molecule has 0 amide bonds. The van der Waals surface area contributed by atoms with Crippen molar-refractivity contribution in [2.75, 3.05) is 20.0 Å². The summed E-state index contributed by atoms with van der Waals surface area (Å²) in [7, 11) is 3.26. The highest BCUT2D eigenvalue weighted by molar-refractivity contribution is 7.99. The molecule has 2 aromatic heterocycles. The van der Waals surface area contributed by atoms with Gasteiger partial charge in [0.05, 0.1) is 19.1 Å². The van der Waals surface area contributed by atoms with Gasteiger partial charge in [0.15, 0.2) is 22.1 Å². The second-order valence-corrected chi connectivity index (χ2v) is 7.85. The number of hydrogen-bond donors (Lipinski definition) is 1. The maximum absolute atomic E-state index is 6.34. The third kappa shape index (κ3) is 4.01. The molecule has 2 heterocycles. The van der Waals surface area contributed by atoms with E-state index < -0.39 is 0 Å². The van der Waals surface area contributed by atoms with Crippen molar-refractivity contribution < 1.29 is 9.47 Å².